The topological polar surface area (TPSA) is 91.7 Å². The van der Waals surface area contributed by atoms with Gasteiger partial charge in [0, 0.05) is 12.7 Å². The molecule has 6 nitrogen and oxygen atoms in total. The minimum Gasteiger partial charge on any atom is -0.699 e. The van der Waals surface area contributed by atoms with E-state index in [-0.39, 0.29) is 24.7 Å². The molecule has 23 heavy (non-hydrogen) atoms. The number of amidine groups is 1. The van der Waals surface area contributed by atoms with Gasteiger partial charge in [-0.3, -0.25) is 9.79 Å². The fourth-order valence-electron chi connectivity index (χ4n) is 2.50. The smallest absolute Gasteiger partial charge is 0.269 e. The average Bonchev–Trinajstić information content (AvgIpc) is 2.49. The average molecular weight is 329 g/mol. The molecule has 1 aliphatic rings. The first-order chi connectivity index (χ1) is 10.8. The van der Waals surface area contributed by atoms with Crippen molar-refractivity contribution in [2.75, 3.05) is 26.8 Å². The highest BCUT2D eigenvalue weighted by atomic mass is 19.3. The summed E-state index contributed by atoms with van der Waals surface area (Å²) in [6.07, 6.45) is -3.12. The van der Waals surface area contributed by atoms with E-state index in [0.29, 0.717) is 0 Å². The largest absolute Gasteiger partial charge is 0.699 e. The number of nitrogens with two attached hydrogens (primary N) is 1. The molecule has 126 valence electrons. The fourth-order valence-corrected chi connectivity index (χ4v) is 2.50. The van der Waals surface area contributed by atoms with Gasteiger partial charge in [0.2, 0.25) is 5.91 Å². The standard InChI is InChI=1S/C14H16F3N4O2/c1-23-6-12(22)21-5-11(19)20-14(7-21,13(16)17)9-4-8(18)2-3-10(9)15/h2-4,13,18H,5-7H2,1H3,(H2,19,20)/q-1. The van der Waals surface area contributed by atoms with Crippen molar-refractivity contribution in [1.29, 1.82) is 0 Å². The fraction of sp³-hybridized carbons (Fsp3) is 0.429. The van der Waals surface area contributed by atoms with Crippen molar-refractivity contribution in [2.45, 2.75) is 12.0 Å². The van der Waals surface area contributed by atoms with Crippen LogP contribution in [0.4, 0.5) is 18.9 Å². The molecule has 0 bridgehead atoms. The van der Waals surface area contributed by atoms with E-state index in [1.807, 2.05) is 0 Å². The third kappa shape index (κ3) is 3.24. The van der Waals surface area contributed by atoms with E-state index in [1.54, 1.807) is 0 Å². The molecule has 2 rings (SSSR count). The minimum absolute atomic E-state index is 0.140. The highest BCUT2D eigenvalue weighted by Crippen LogP contribution is 2.38. The van der Waals surface area contributed by atoms with Gasteiger partial charge < -0.3 is 21.1 Å². The Kier molecular flexibility index (Phi) is 4.79. The number of nitrogens with one attached hydrogen (secondary N) is 1. The third-order valence-corrected chi connectivity index (χ3v) is 3.54. The Morgan fingerprint density at radius 2 is 2.26 bits per heavy atom. The van der Waals surface area contributed by atoms with Crippen LogP contribution in [0.15, 0.2) is 23.2 Å². The first-order valence-electron chi connectivity index (χ1n) is 6.71. The summed E-state index contributed by atoms with van der Waals surface area (Å²) >= 11 is 0. The molecule has 1 amide bonds. The molecule has 0 saturated carbocycles. The van der Waals surface area contributed by atoms with Crippen LogP contribution in [-0.4, -0.2) is 49.9 Å². The predicted molar refractivity (Wildman–Crippen MR) is 78.1 cm³/mol. The summed E-state index contributed by atoms with van der Waals surface area (Å²) in [5, 5.41) is 0. The lowest BCUT2D eigenvalue weighted by Gasteiger charge is -2.39. The first-order valence-corrected chi connectivity index (χ1v) is 6.71. The van der Waals surface area contributed by atoms with E-state index >= 15 is 0 Å². The third-order valence-electron chi connectivity index (χ3n) is 3.54. The van der Waals surface area contributed by atoms with Gasteiger partial charge in [0.1, 0.15) is 18.3 Å². The Morgan fingerprint density at radius 3 is 2.87 bits per heavy atom. The second-order valence-electron chi connectivity index (χ2n) is 5.21. The van der Waals surface area contributed by atoms with E-state index in [4.69, 9.17) is 16.2 Å². The maximum Gasteiger partial charge on any atom is 0.269 e. The van der Waals surface area contributed by atoms with Crippen LogP contribution in [0, 0.1) is 5.82 Å². The summed E-state index contributed by atoms with van der Waals surface area (Å²) in [5.41, 5.74) is 10.2. The maximum absolute atomic E-state index is 14.1. The number of carbonyl (C=O) groups excluding carboxylic acids is 1. The van der Waals surface area contributed by atoms with Gasteiger partial charge in [-0.1, -0.05) is 12.1 Å². The SMILES string of the molecule is COCC(=O)N1CC(N)=NC(c2cc([NH-])ccc2F)(C(F)F)C1. The van der Waals surface area contributed by atoms with Gasteiger partial charge in [-0.2, -0.15) is 0 Å². The molecule has 9 heteroatoms. The summed E-state index contributed by atoms with van der Waals surface area (Å²) in [5.74, 6) is -1.70. The van der Waals surface area contributed by atoms with Gasteiger partial charge in [-0.25, -0.2) is 13.2 Å². The molecular formula is C14H16F3N4O2-. The minimum atomic E-state index is -3.12. The van der Waals surface area contributed by atoms with Crippen LogP contribution in [0.2, 0.25) is 0 Å². The number of hydrogen-bond acceptors (Lipinski definition) is 4. The van der Waals surface area contributed by atoms with E-state index in [2.05, 4.69) is 4.99 Å². The first kappa shape index (κ1) is 17.1. The maximum atomic E-state index is 14.1. The molecule has 0 radical (unpaired) electrons. The highest BCUT2D eigenvalue weighted by Gasteiger charge is 2.48. The molecular weight excluding hydrogens is 313 g/mol. The number of amides is 1. The van der Waals surface area contributed by atoms with Crippen molar-refractivity contribution >= 4 is 17.4 Å². The Morgan fingerprint density at radius 1 is 1.57 bits per heavy atom. The van der Waals surface area contributed by atoms with Gasteiger partial charge in [0.15, 0.2) is 5.54 Å². The van der Waals surface area contributed by atoms with Crippen LogP contribution < -0.4 is 5.73 Å². The normalized spacial score (nSPS) is 21.4. The summed E-state index contributed by atoms with van der Waals surface area (Å²) in [4.78, 5) is 16.8. The molecule has 0 aromatic heterocycles. The number of rotatable bonds is 4. The van der Waals surface area contributed by atoms with Crippen LogP contribution >= 0.6 is 0 Å². The Labute approximate surface area is 130 Å². The Hall–Kier alpha value is -2.29. The van der Waals surface area contributed by atoms with Crippen LogP contribution in [-0.2, 0) is 15.1 Å². The van der Waals surface area contributed by atoms with Crippen molar-refractivity contribution in [1.82, 2.24) is 4.90 Å². The zero-order valence-corrected chi connectivity index (χ0v) is 12.4. The molecule has 0 aliphatic carbocycles. The van der Waals surface area contributed by atoms with Gasteiger partial charge in [0.25, 0.3) is 6.43 Å². The second kappa shape index (κ2) is 6.45. The van der Waals surface area contributed by atoms with Crippen LogP contribution in [0.3, 0.4) is 0 Å². The van der Waals surface area contributed by atoms with Gasteiger partial charge in [-0.15, -0.1) is 5.69 Å². The molecule has 0 saturated heterocycles. The predicted octanol–water partition coefficient (Wildman–Crippen LogP) is 1.82. The van der Waals surface area contributed by atoms with Crippen molar-refractivity contribution < 1.29 is 22.7 Å². The molecule has 0 fully saturated rings. The number of aliphatic imine (C=N–C) groups is 1. The molecule has 1 unspecified atom stereocenters. The summed E-state index contributed by atoms with van der Waals surface area (Å²) in [6, 6.07) is 3.04. The number of ether oxygens (including phenoxy) is 1. The molecule has 1 aromatic rings. The van der Waals surface area contributed by atoms with Crippen molar-refractivity contribution in [3.8, 4) is 0 Å². The number of hydrogen-bond donors (Lipinski definition) is 1. The zero-order chi connectivity index (χ0) is 17.2. The quantitative estimate of drug-likeness (QED) is 0.913. The number of alkyl halides is 2. The lowest BCUT2D eigenvalue weighted by molar-refractivity contribution is -0.136. The van der Waals surface area contributed by atoms with E-state index < -0.39 is 35.8 Å². The van der Waals surface area contributed by atoms with Gasteiger partial charge >= 0.3 is 0 Å². The zero-order valence-electron chi connectivity index (χ0n) is 12.4. The number of nitrogens with zero attached hydrogens (tertiary/aromatic N) is 2. The summed E-state index contributed by atoms with van der Waals surface area (Å²) in [7, 11) is 1.29. The van der Waals surface area contributed by atoms with Gasteiger partial charge in [0.05, 0.1) is 13.1 Å². The lowest BCUT2D eigenvalue weighted by atomic mass is 9.87. The number of methoxy groups -OCH3 is 1. The van der Waals surface area contributed by atoms with E-state index in [9.17, 15) is 18.0 Å². The summed E-state index contributed by atoms with van der Waals surface area (Å²) < 4.78 is 46.4. The Bertz CT molecular complexity index is 638. The van der Waals surface area contributed by atoms with E-state index in [1.165, 1.54) is 7.11 Å². The van der Waals surface area contributed by atoms with Crippen LogP contribution in [0.25, 0.3) is 5.73 Å². The number of benzene rings is 1. The van der Waals surface area contributed by atoms with Crippen molar-refractivity contribution in [2.24, 2.45) is 10.7 Å². The second-order valence-corrected chi connectivity index (χ2v) is 5.21. The number of carbonyl (C=O) groups is 1. The lowest BCUT2D eigenvalue weighted by Crippen LogP contribution is -2.55. The van der Waals surface area contributed by atoms with Crippen LogP contribution in [0.5, 0.6) is 0 Å². The molecule has 1 aromatic carbocycles. The van der Waals surface area contributed by atoms with Crippen LogP contribution in [0.1, 0.15) is 5.56 Å². The highest BCUT2D eigenvalue weighted by molar-refractivity contribution is 5.89. The number of halogens is 3. The van der Waals surface area contributed by atoms with Gasteiger partial charge in [-0.05, 0) is 6.07 Å². The molecule has 0 spiro atoms. The molecule has 3 N–H and O–H groups in total. The molecule has 1 aliphatic heterocycles. The van der Waals surface area contributed by atoms with E-state index in [0.717, 1.165) is 23.1 Å². The molecule has 1 atom stereocenters. The van der Waals surface area contributed by atoms with Crippen molar-refractivity contribution in [3.63, 3.8) is 0 Å². The monoisotopic (exact) mass is 329 g/mol. The van der Waals surface area contributed by atoms with Crippen molar-refractivity contribution in [3.05, 3.63) is 35.3 Å². The summed E-state index contributed by atoms with van der Waals surface area (Å²) in [6.45, 7) is -1.000. The Balaban J connectivity index is 2.53. The molecule has 1 heterocycles.